The average molecular weight is 429 g/mol. The molecular formula is C18H24INO3. The number of carbonyl (C=O) groups excluding carboxylic acids is 1. The number of nitrogens with zero attached hydrogens (tertiary/aromatic N) is 1. The Labute approximate surface area is 152 Å². The first kappa shape index (κ1) is 18.3. The van der Waals surface area contributed by atoms with Gasteiger partial charge in [0.05, 0.1) is 19.8 Å². The molecule has 1 aliphatic heterocycles. The molecule has 0 radical (unpaired) electrons. The summed E-state index contributed by atoms with van der Waals surface area (Å²) in [7, 11) is 3.29. The van der Waals surface area contributed by atoms with Gasteiger partial charge in [-0.25, -0.2) is 0 Å². The molecule has 1 aromatic carbocycles. The molecular weight excluding hydrogens is 405 g/mol. The molecule has 0 amide bonds. The van der Waals surface area contributed by atoms with Crippen molar-refractivity contribution in [3.05, 3.63) is 33.9 Å². The Morgan fingerprint density at radius 3 is 2.74 bits per heavy atom. The van der Waals surface area contributed by atoms with Crippen molar-refractivity contribution in [2.75, 3.05) is 27.3 Å². The number of ether oxygens (including phenoxy) is 2. The van der Waals surface area contributed by atoms with Gasteiger partial charge in [-0.1, -0.05) is 34.7 Å². The fraction of sp³-hybridized carbons (Fsp3) is 0.500. The average Bonchev–Trinajstić information content (AvgIpc) is 3.01. The number of aldehydes is 1. The molecule has 2 rings (SSSR count). The third kappa shape index (κ3) is 4.26. The van der Waals surface area contributed by atoms with E-state index in [-0.39, 0.29) is 5.54 Å². The zero-order chi connectivity index (χ0) is 16.7. The Bertz CT molecular complexity index is 561. The smallest absolute Gasteiger partial charge is 0.160 e. The van der Waals surface area contributed by atoms with Crippen molar-refractivity contribution in [2.45, 2.75) is 31.2 Å². The van der Waals surface area contributed by atoms with Crippen molar-refractivity contribution in [1.82, 2.24) is 4.90 Å². The molecule has 1 aliphatic rings. The maximum absolute atomic E-state index is 11.7. The fourth-order valence-corrected chi connectivity index (χ4v) is 3.51. The van der Waals surface area contributed by atoms with Crippen LogP contribution < -0.4 is 9.47 Å². The molecule has 4 nitrogen and oxygen atoms in total. The molecule has 0 unspecified atom stereocenters. The molecule has 1 saturated heterocycles. The summed E-state index contributed by atoms with van der Waals surface area (Å²) in [5.74, 6) is 1.49. The highest BCUT2D eigenvalue weighted by Gasteiger charge is 2.39. The largest absolute Gasteiger partial charge is 0.493 e. The van der Waals surface area contributed by atoms with Gasteiger partial charge in [0, 0.05) is 6.54 Å². The number of carbonyl (C=O) groups is 1. The van der Waals surface area contributed by atoms with Crippen LogP contribution in [-0.2, 0) is 11.2 Å². The molecule has 0 spiro atoms. The Morgan fingerprint density at radius 1 is 1.30 bits per heavy atom. The van der Waals surface area contributed by atoms with E-state index in [0.29, 0.717) is 0 Å². The van der Waals surface area contributed by atoms with Crippen molar-refractivity contribution < 1.29 is 14.3 Å². The number of likely N-dealkylation sites (tertiary alicyclic amines) is 1. The minimum atomic E-state index is -0.321. The lowest BCUT2D eigenvalue weighted by Crippen LogP contribution is -2.45. The van der Waals surface area contributed by atoms with Crippen LogP contribution in [0.3, 0.4) is 0 Å². The Kier molecular flexibility index (Phi) is 6.89. The molecule has 0 N–H and O–H groups in total. The van der Waals surface area contributed by atoms with Gasteiger partial charge in [-0.2, -0.15) is 0 Å². The standard InChI is InChI=1S/C18H24INO3/c1-22-16-6-5-15(13-17(16)23-2)7-12-20-11-4-9-18(20,14-21)8-3-10-19/h3,5-6,10,13-14H,4,7-9,11-12H2,1-2H3/b10-3-/t18-/m1/s1. The minimum absolute atomic E-state index is 0.321. The van der Waals surface area contributed by atoms with Crippen LogP contribution in [0.15, 0.2) is 28.4 Å². The van der Waals surface area contributed by atoms with E-state index < -0.39 is 0 Å². The van der Waals surface area contributed by atoms with Gasteiger partial charge in [0.25, 0.3) is 0 Å². The number of hydrogen-bond donors (Lipinski definition) is 0. The van der Waals surface area contributed by atoms with E-state index in [1.54, 1.807) is 14.2 Å². The second-order valence-electron chi connectivity index (χ2n) is 5.82. The lowest BCUT2D eigenvalue weighted by molar-refractivity contribution is -0.117. The van der Waals surface area contributed by atoms with Crippen molar-refractivity contribution in [1.29, 1.82) is 0 Å². The van der Waals surface area contributed by atoms with Crippen LogP contribution in [0.25, 0.3) is 0 Å². The van der Waals surface area contributed by atoms with Gasteiger partial charge in [0.2, 0.25) is 0 Å². The first-order chi connectivity index (χ1) is 11.2. The molecule has 0 aromatic heterocycles. The third-order valence-electron chi connectivity index (χ3n) is 4.57. The zero-order valence-corrected chi connectivity index (χ0v) is 15.9. The summed E-state index contributed by atoms with van der Waals surface area (Å²) in [6.07, 6.45) is 6.95. The molecule has 0 aliphatic carbocycles. The number of hydrogen-bond acceptors (Lipinski definition) is 4. The SMILES string of the molecule is COc1ccc(CCN2CCC[C@@]2(C=O)C/C=C\I)cc1OC. The molecule has 5 heteroatoms. The Morgan fingerprint density at radius 2 is 2.09 bits per heavy atom. The normalized spacial score (nSPS) is 21.7. The van der Waals surface area contributed by atoms with Gasteiger partial charge in [-0.3, -0.25) is 4.90 Å². The highest BCUT2D eigenvalue weighted by Crippen LogP contribution is 2.32. The number of rotatable bonds is 8. The summed E-state index contributed by atoms with van der Waals surface area (Å²) in [5, 5.41) is 0. The van der Waals surface area contributed by atoms with Crippen LogP contribution >= 0.6 is 22.6 Å². The molecule has 1 atom stereocenters. The summed E-state index contributed by atoms with van der Waals surface area (Å²) in [6.45, 7) is 1.87. The van der Waals surface area contributed by atoms with Crippen LogP contribution in [0.2, 0.25) is 0 Å². The predicted molar refractivity (Wildman–Crippen MR) is 101 cm³/mol. The summed E-state index contributed by atoms with van der Waals surface area (Å²) in [4.78, 5) is 14.1. The van der Waals surface area contributed by atoms with Gasteiger partial charge < -0.3 is 14.3 Å². The summed E-state index contributed by atoms with van der Waals surface area (Å²) in [6, 6.07) is 6.01. The van der Waals surface area contributed by atoms with E-state index in [9.17, 15) is 4.79 Å². The van der Waals surface area contributed by atoms with Crippen molar-refractivity contribution in [2.24, 2.45) is 0 Å². The first-order valence-electron chi connectivity index (χ1n) is 7.86. The zero-order valence-electron chi connectivity index (χ0n) is 13.8. The minimum Gasteiger partial charge on any atom is -0.493 e. The van der Waals surface area contributed by atoms with E-state index >= 15 is 0 Å². The number of methoxy groups -OCH3 is 2. The Balaban J connectivity index is 2.05. The van der Waals surface area contributed by atoms with E-state index in [1.165, 1.54) is 5.56 Å². The maximum atomic E-state index is 11.7. The van der Waals surface area contributed by atoms with Crippen molar-refractivity contribution in [3.63, 3.8) is 0 Å². The fourth-order valence-electron chi connectivity index (χ4n) is 3.25. The third-order valence-corrected chi connectivity index (χ3v) is 5.07. The molecule has 1 aromatic rings. The Hall–Kier alpha value is -1.08. The van der Waals surface area contributed by atoms with Crippen LogP contribution in [0.4, 0.5) is 0 Å². The van der Waals surface area contributed by atoms with E-state index in [4.69, 9.17) is 9.47 Å². The number of halogens is 1. The monoisotopic (exact) mass is 429 g/mol. The molecule has 0 bridgehead atoms. The predicted octanol–water partition coefficient (Wildman–Crippen LogP) is 3.62. The highest BCUT2D eigenvalue weighted by atomic mass is 127. The maximum Gasteiger partial charge on any atom is 0.160 e. The summed E-state index contributed by atoms with van der Waals surface area (Å²) in [5.41, 5.74) is 0.872. The van der Waals surface area contributed by atoms with Crippen LogP contribution in [0.1, 0.15) is 24.8 Å². The van der Waals surface area contributed by atoms with Gasteiger partial charge >= 0.3 is 0 Å². The van der Waals surface area contributed by atoms with Crippen molar-refractivity contribution in [3.8, 4) is 11.5 Å². The van der Waals surface area contributed by atoms with Crippen molar-refractivity contribution >= 4 is 28.9 Å². The van der Waals surface area contributed by atoms with Crippen LogP contribution in [0, 0.1) is 0 Å². The topological polar surface area (TPSA) is 38.8 Å². The summed E-state index contributed by atoms with van der Waals surface area (Å²) < 4.78 is 12.6. The second kappa shape index (κ2) is 8.68. The first-order valence-corrected chi connectivity index (χ1v) is 9.11. The highest BCUT2D eigenvalue weighted by molar-refractivity contribution is 14.1. The van der Waals surface area contributed by atoms with Crippen LogP contribution in [-0.4, -0.2) is 44.0 Å². The second-order valence-corrected chi connectivity index (χ2v) is 6.54. The molecule has 1 fully saturated rings. The summed E-state index contributed by atoms with van der Waals surface area (Å²) >= 11 is 2.21. The van der Waals surface area contributed by atoms with Gasteiger partial charge in [-0.05, 0) is 54.0 Å². The molecule has 126 valence electrons. The van der Waals surface area contributed by atoms with E-state index in [1.807, 2.05) is 16.2 Å². The molecule has 23 heavy (non-hydrogen) atoms. The van der Waals surface area contributed by atoms with Gasteiger partial charge in [0.1, 0.15) is 6.29 Å². The van der Waals surface area contributed by atoms with Gasteiger partial charge in [-0.15, -0.1) is 0 Å². The van der Waals surface area contributed by atoms with Gasteiger partial charge in [0.15, 0.2) is 11.5 Å². The lowest BCUT2D eigenvalue weighted by Gasteiger charge is -2.33. The molecule has 0 saturated carbocycles. The molecule has 1 heterocycles. The quantitative estimate of drug-likeness (QED) is 0.468. The lowest BCUT2D eigenvalue weighted by atomic mass is 9.93. The van der Waals surface area contributed by atoms with E-state index in [0.717, 1.165) is 56.6 Å². The number of benzene rings is 1. The van der Waals surface area contributed by atoms with Crippen LogP contribution in [0.5, 0.6) is 11.5 Å². The van der Waals surface area contributed by atoms with E-state index in [2.05, 4.69) is 39.6 Å².